The molecule has 0 spiro atoms. The zero-order valence-electron chi connectivity index (χ0n) is 8.05. The van der Waals surface area contributed by atoms with Crippen molar-refractivity contribution in [3.8, 4) is 5.75 Å². The molecule has 0 atom stereocenters. The topological polar surface area (TPSA) is 29.5 Å². The fourth-order valence-electron chi connectivity index (χ4n) is 1.04. The number of aliphatic hydroxyl groups excluding tert-OH is 1. The molecule has 0 unspecified atom stereocenters. The number of hydrogen-bond acceptors (Lipinski definition) is 2. The Hall–Kier alpha value is -1.16. The largest absolute Gasteiger partial charge is 0.485 e. The van der Waals surface area contributed by atoms with Crippen molar-refractivity contribution in [1.82, 2.24) is 0 Å². The molecule has 0 aliphatic carbocycles. The van der Waals surface area contributed by atoms with Crippen LogP contribution < -0.4 is 4.74 Å². The van der Waals surface area contributed by atoms with E-state index in [2.05, 4.69) is 0 Å². The number of halogens is 2. The van der Waals surface area contributed by atoms with Crippen molar-refractivity contribution < 1.29 is 18.6 Å². The number of aliphatic hydroxyl groups is 1. The molecule has 0 bridgehead atoms. The highest BCUT2D eigenvalue weighted by molar-refractivity contribution is 5.32. The van der Waals surface area contributed by atoms with Crippen molar-refractivity contribution in [1.29, 1.82) is 0 Å². The van der Waals surface area contributed by atoms with E-state index in [0.29, 0.717) is 0 Å². The number of ether oxygens (including phenoxy) is 1. The molecule has 0 aliphatic rings. The van der Waals surface area contributed by atoms with Gasteiger partial charge in [-0.2, -0.15) is 0 Å². The van der Waals surface area contributed by atoms with Gasteiger partial charge in [-0.05, 0) is 19.9 Å². The van der Waals surface area contributed by atoms with Crippen LogP contribution in [0.25, 0.3) is 0 Å². The van der Waals surface area contributed by atoms with Gasteiger partial charge in [0.1, 0.15) is 0 Å². The third-order valence-corrected chi connectivity index (χ3v) is 1.65. The SMILES string of the molecule is CC(C)Oc1c(F)ccc(CO)c1F. The normalized spacial score (nSPS) is 10.7. The predicted octanol–water partition coefficient (Wildman–Crippen LogP) is 2.24. The lowest BCUT2D eigenvalue weighted by Gasteiger charge is -2.12. The Bertz CT molecular complexity index is 324. The standard InChI is InChI=1S/C10H12F2O2/c1-6(2)14-10-8(11)4-3-7(5-13)9(10)12/h3-4,6,13H,5H2,1-2H3. The van der Waals surface area contributed by atoms with Crippen LogP contribution in [-0.4, -0.2) is 11.2 Å². The molecule has 0 aromatic heterocycles. The summed E-state index contributed by atoms with van der Waals surface area (Å²) in [5.41, 5.74) is 0.0297. The van der Waals surface area contributed by atoms with Crippen LogP contribution in [0.5, 0.6) is 5.75 Å². The predicted molar refractivity (Wildman–Crippen MR) is 48.0 cm³/mol. The van der Waals surface area contributed by atoms with Gasteiger partial charge in [-0.15, -0.1) is 0 Å². The fraction of sp³-hybridized carbons (Fsp3) is 0.400. The van der Waals surface area contributed by atoms with Gasteiger partial charge < -0.3 is 9.84 Å². The summed E-state index contributed by atoms with van der Waals surface area (Å²) in [7, 11) is 0. The minimum atomic E-state index is -0.832. The first-order valence-electron chi connectivity index (χ1n) is 4.30. The van der Waals surface area contributed by atoms with E-state index < -0.39 is 24.0 Å². The highest BCUT2D eigenvalue weighted by atomic mass is 19.1. The van der Waals surface area contributed by atoms with Crippen LogP contribution in [0.3, 0.4) is 0 Å². The van der Waals surface area contributed by atoms with Crippen molar-refractivity contribution in [3.05, 3.63) is 29.3 Å². The fourth-order valence-corrected chi connectivity index (χ4v) is 1.04. The van der Waals surface area contributed by atoms with Gasteiger partial charge in [-0.3, -0.25) is 0 Å². The third-order valence-electron chi connectivity index (χ3n) is 1.65. The number of hydrogen-bond donors (Lipinski definition) is 1. The maximum absolute atomic E-state index is 13.4. The van der Waals surface area contributed by atoms with Crippen molar-refractivity contribution >= 4 is 0 Å². The lowest BCUT2D eigenvalue weighted by atomic mass is 10.2. The second-order valence-corrected chi connectivity index (χ2v) is 3.17. The summed E-state index contributed by atoms with van der Waals surface area (Å²) in [4.78, 5) is 0. The van der Waals surface area contributed by atoms with E-state index in [1.165, 1.54) is 6.07 Å². The molecule has 78 valence electrons. The summed E-state index contributed by atoms with van der Waals surface area (Å²) in [6.07, 6.45) is -0.312. The molecular formula is C10H12F2O2. The van der Waals surface area contributed by atoms with Gasteiger partial charge in [0.25, 0.3) is 0 Å². The second-order valence-electron chi connectivity index (χ2n) is 3.17. The van der Waals surface area contributed by atoms with Crippen LogP contribution >= 0.6 is 0 Å². The molecule has 0 aliphatic heterocycles. The maximum atomic E-state index is 13.4. The van der Waals surface area contributed by atoms with E-state index in [0.717, 1.165) is 6.07 Å². The second kappa shape index (κ2) is 4.37. The van der Waals surface area contributed by atoms with Crippen LogP contribution in [0.15, 0.2) is 12.1 Å². The summed E-state index contributed by atoms with van der Waals surface area (Å²) in [5.74, 6) is -2.01. The average Bonchev–Trinajstić information content (AvgIpc) is 2.12. The van der Waals surface area contributed by atoms with Gasteiger partial charge in [0.15, 0.2) is 17.4 Å². The smallest absolute Gasteiger partial charge is 0.191 e. The Kier molecular flexibility index (Phi) is 3.41. The Labute approximate surface area is 81.1 Å². The van der Waals surface area contributed by atoms with Crippen molar-refractivity contribution in [2.24, 2.45) is 0 Å². The minimum absolute atomic E-state index is 0.0297. The quantitative estimate of drug-likeness (QED) is 0.814. The van der Waals surface area contributed by atoms with Crippen molar-refractivity contribution in [2.75, 3.05) is 0 Å². The van der Waals surface area contributed by atoms with E-state index in [1.54, 1.807) is 13.8 Å². The van der Waals surface area contributed by atoms with Crippen LogP contribution in [0.2, 0.25) is 0 Å². The van der Waals surface area contributed by atoms with Crippen molar-refractivity contribution in [2.45, 2.75) is 26.6 Å². The van der Waals surface area contributed by atoms with Crippen LogP contribution in [0, 0.1) is 11.6 Å². The van der Waals surface area contributed by atoms with Gasteiger partial charge in [-0.1, -0.05) is 6.07 Å². The molecule has 0 saturated carbocycles. The molecule has 1 aromatic carbocycles. The lowest BCUT2D eigenvalue weighted by molar-refractivity contribution is 0.214. The van der Waals surface area contributed by atoms with Gasteiger partial charge in [0, 0.05) is 5.56 Å². The lowest BCUT2D eigenvalue weighted by Crippen LogP contribution is -2.09. The highest BCUT2D eigenvalue weighted by Crippen LogP contribution is 2.25. The van der Waals surface area contributed by atoms with Crippen LogP contribution in [0.1, 0.15) is 19.4 Å². The number of rotatable bonds is 3. The van der Waals surface area contributed by atoms with E-state index in [9.17, 15) is 8.78 Å². The molecule has 1 N–H and O–H groups in total. The van der Waals surface area contributed by atoms with Gasteiger partial charge >= 0.3 is 0 Å². The molecule has 4 heteroatoms. The summed E-state index contributed by atoms with van der Waals surface area (Å²) in [6, 6.07) is 2.27. The molecule has 0 radical (unpaired) electrons. The molecule has 2 nitrogen and oxygen atoms in total. The minimum Gasteiger partial charge on any atom is -0.485 e. The third kappa shape index (κ3) is 2.20. The van der Waals surface area contributed by atoms with Gasteiger partial charge in [0.05, 0.1) is 12.7 Å². The molecular weight excluding hydrogens is 190 g/mol. The zero-order chi connectivity index (χ0) is 10.7. The van der Waals surface area contributed by atoms with E-state index in [1.807, 2.05) is 0 Å². The molecule has 0 saturated heterocycles. The Balaban J connectivity index is 3.11. The summed E-state index contributed by atoms with van der Waals surface area (Å²) < 4.78 is 31.4. The first-order chi connectivity index (χ1) is 6.56. The maximum Gasteiger partial charge on any atom is 0.191 e. The molecule has 0 fully saturated rings. The van der Waals surface area contributed by atoms with Crippen molar-refractivity contribution in [3.63, 3.8) is 0 Å². The van der Waals surface area contributed by atoms with E-state index in [4.69, 9.17) is 9.84 Å². The first kappa shape index (κ1) is 10.9. The summed E-state index contributed by atoms with van der Waals surface area (Å²) >= 11 is 0. The molecule has 1 rings (SSSR count). The van der Waals surface area contributed by atoms with Gasteiger partial charge in [0.2, 0.25) is 0 Å². The Morgan fingerprint density at radius 2 is 2.00 bits per heavy atom. The first-order valence-corrected chi connectivity index (χ1v) is 4.30. The van der Waals surface area contributed by atoms with Gasteiger partial charge in [-0.25, -0.2) is 8.78 Å². The van der Waals surface area contributed by atoms with Crippen LogP contribution in [-0.2, 0) is 6.61 Å². The Morgan fingerprint density at radius 3 is 2.50 bits per heavy atom. The zero-order valence-corrected chi connectivity index (χ0v) is 8.05. The molecule has 1 aromatic rings. The molecule has 14 heavy (non-hydrogen) atoms. The monoisotopic (exact) mass is 202 g/mol. The molecule has 0 heterocycles. The number of benzene rings is 1. The Morgan fingerprint density at radius 1 is 1.36 bits per heavy atom. The summed E-state index contributed by atoms with van der Waals surface area (Å²) in [5, 5.41) is 8.75. The summed E-state index contributed by atoms with van der Waals surface area (Å²) in [6.45, 7) is 2.87. The van der Waals surface area contributed by atoms with E-state index in [-0.39, 0.29) is 11.7 Å². The average molecular weight is 202 g/mol. The molecule has 0 amide bonds. The highest BCUT2D eigenvalue weighted by Gasteiger charge is 2.15. The van der Waals surface area contributed by atoms with E-state index >= 15 is 0 Å². The van der Waals surface area contributed by atoms with Crippen LogP contribution in [0.4, 0.5) is 8.78 Å².